The molecule has 1 unspecified atom stereocenters. The summed E-state index contributed by atoms with van der Waals surface area (Å²) in [5.41, 5.74) is 1.29. The number of carbonyl (C=O) groups is 1. The molecule has 1 aromatic carbocycles. The average Bonchev–Trinajstić information content (AvgIpc) is 2.96. The van der Waals surface area contributed by atoms with E-state index in [0.29, 0.717) is 12.8 Å². The number of hydrogen-bond acceptors (Lipinski definition) is 3. The van der Waals surface area contributed by atoms with E-state index in [1.54, 1.807) is 0 Å². The summed E-state index contributed by atoms with van der Waals surface area (Å²) >= 11 is 0. The third kappa shape index (κ3) is 9.99. The molecule has 0 bridgehead atoms. The Kier molecular flexibility index (Phi) is 13.4. The molecule has 39 heavy (non-hydrogen) atoms. The Labute approximate surface area is 236 Å². The van der Waals surface area contributed by atoms with Crippen LogP contribution in [-0.4, -0.2) is 26.7 Å². The minimum atomic E-state index is -2.09. The molecule has 1 aliphatic carbocycles. The molecule has 1 N–H and O–H groups in total. The van der Waals surface area contributed by atoms with Gasteiger partial charge in [-0.05, 0) is 62.0 Å². The van der Waals surface area contributed by atoms with E-state index in [-0.39, 0.29) is 18.3 Å². The zero-order valence-electron chi connectivity index (χ0n) is 24.5. The number of aliphatic carboxylic acids is 1. The number of halogens is 1. The molecule has 216 valence electrons. The lowest BCUT2D eigenvalue weighted by Crippen LogP contribution is -2.44. The van der Waals surface area contributed by atoms with Gasteiger partial charge in [0.2, 0.25) is 5.67 Å². The van der Waals surface area contributed by atoms with E-state index >= 15 is 4.39 Å². The fourth-order valence-corrected chi connectivity index (χ4v) is 6.28. The third-order valence-corrected chi connectivity index (χ3v) is 8.72. The van der Waals surface area contributed by atoms with Crippen LogP contribution in [0.4, 0.5) is 4.39 Å². The number of hydrogen-bond donors (Lipinski definition) is 1. The van der Waals surface area contributed by atoms with Gasteiger partial charge in [0.15, 0.2) is 5.82 Å². The second kappa shape index (κ2) is 16.7. The topological polar surface area (TPSA) is 63.1 Å². The molecule has 2 aromatic rings. The molecule has 0 amide bonds. The molecule has 4 nitrogen and oxygen atoms in total. The van der Waals surface area contributed by atoms with Crippen molar-refractivity contribution in [2.24, 2.45) is 11.8 Å². The maximum Gasteiger partial charge on any atom is 0.341 e. The fourth-order valence-electron chi connectivity index (χ4n) is 6.28. The van der Waals surface area contributed by atoms with Gasteiger partial charge in [0.25, 0.3) is 0 Å². The molecule has 1 heterocycles. The van der Waals surface area contributed by atoms with Crippen molar-refractivity contribution in [2.45, 2.75) is 135 Å². The van der Waals surface area contributed by atoms with Crippen LogP contribution in [-0.2, 0) is 17.6 Å². The molecule has 0 aliphatic heterocycles. The first-order valence-electron chi connectivity index (χ1n) is 15.8. The van der Waals surface area contributed by atoms with Crippen molar-refractivity contribution in [2.75, 3.05) is 0 Å². The summed E-state index contributed by atoms with van der Waals surface area (Å²) < 4.78 is 15.9. The van der Waals surface area contributed by atoms with Crippen LogP contribution in [0.15, 0.2) is 36.7 Å². The Bertz CT molecular complexity index is 956. The van der Waals surface area contributed by atoms with Gasteiger partial charge >= 0.3 is 5.97 Å². The van der Waals surface area contributed by atoms with Gasteiger partial charge in [-0.2, -0.15) is 0 Å². The van der Waals surface area contributed by atoms with Gasteiger partial charge in [-0.1, -0.05) is 109 Å². The van der Waals surface area contributed by atoms with E-state index < -0.39 is 11.6 Å². The van der Waals surface area contributed by atoms with Crippen molar-refractivity contribution in [1.29, 1.82) is 0 Å². The fraction of sp³-hybridized carbons (Fsp3) is 0.676. The molecule has 5 heteroatoms. The molecule has 0 saturated heterocycles. The van der Waals surface area contributed by atoms with E-state index in [0.717, 1.165) is 62.8 Å². The first-order valence-corrected chi connectivity index (χ1v) is 15.8. The number of carboxylic acid groups (broad SMARTS) is 1. The minimum absolute atomic E-state index is 0.0740. The summed E-state index contributed by atoms with van der Waals surface area (Å²) in [6.45, 7) is 4.35. The SMILES string of the molecule is CCCCCCCCCc1cnc(-c2ccc(CCC(CCC)C[C@@](F)(C(=O)O)C3CCCCC3)cc2)nc1. The number of aryl methyl sites for hydroxylation is 2. The van der Waals surface area contributed by atoms with Crippen molar-refractivity contribution < 1.29 is 14.3 Å². The highest BCUT2D eigenvalue weighted by atomic mass is 19.1. The predicted octanol–water partition coefficient (Wildman–Crippen LogP) is 9.55. The lowest BCUT2D eigenvalue weighted by atomic mass is 9.72. The Morgan fingerprint density at radius 3 is 2.13 bits per heavy atom. The van der Waals surface area contributed by atoms with Crippen LogP contribution in [0.2, 0.25) is 0 Å². The second-order valence-corrected chi connectivity index (χ2v) is 11.9. The molecule has 0 spiro atoms. The zero-order chi connectivity index (χ0) is 27.9. The summed E-state index contributed by atoms with van der Waals surface area (Å²) in [6.07, 6.45) is 22.0. The summed E-state index contributed by atoms with van der Waals surface area (Å²) in [4.78, 5) is 21.3. The minimum Gasteiger partial charge on any atom is -0.479 e. The van der Waals surface area contributed by atoms with Crippen molar-refractivity contribution in [3.63, 3.8) is 0 Å². The van der Waals surface area contributed by atoms with Gasteiger partial charge < -0.3 is 5.11 Å². The number of unbranched alkanes of at least 4 members (excludes halogenated alkanes) is 6. The monoisotopic (exact) mass is 538 g/mol. The van der Waals surface area contributed by atoms with Crippen LogP contribution in [0.25, 0.3) is 11.4 Å². The van der Waals surface area contributed by atoms with E-state index in [1.807, 2.05) is 12.4 Å². The van der Waals surface area contributed by atoms with Crippen molar-refractivity contribution in [3.8, 4) is 11.4 Å². The Hall–Kier alpha value is -2.30. The number of carboxylic acids is 1. The first-order chi connectivity index (χ1) is 19.0. The Balaban J connectivity index is 1.50. The quantitative estimate of drug-likeness (QED) is 0.192. The van der Waals surface area contributed by atoms with Gasteiger partial charge in [-0.15, -0.1) is 0 Å². The average molecular weight is 539 g/mol. The molecule has 3 rings (SSSR count). The van der Waals surface area contributed by atoms with Crippen molar-refractivity contribution in [3.05, 3.63) is 47.8 Å². The molecule has 1 aliphatic rings. The highest BCUT2D eigenvalue weighted by Crippen LogP contribution is 2.41. The predicted molar refractivity (Wildman–Crippen MR) is 159 cm³/mol. The van der Waals surface area contributed by atoms with E-state index in [2.05, 4.69) is 48.1 Å². The molecule has 0 radical (unpaired) electrons. The standard InChI is InChI=1S/C34H51FN2O2/c1-3-5-6-7-8-9-11-15-29-25-36-32(37-26-29)30-22-20-27(21-23-30)18-19-28(14-4-2)24-34(35,33(38)39)31-16-12-10-13-17-31/h20-23,25-26,28,31H,3-19,24H2,1-2H3,(H,38,39)/t28?,34-/m0/s1. The van der Waals surface area contributed by atoms with Crippen LogP contribution < -0.4 is 0 Å². The summed E-state index contributed by atoms with van der Waals surface area (Å²) in [7, 11) is 0. The van der Waals surface area contributed by atoms with Gasteiger partial charge in [0, 0.05) is 23.9 Å². The summed E-state index contributed by atoms with van der Waals surface area (Å²) in [6, 6.07) is 8.34. The van der Waals surface area contributed by atoms with E-state index in [4.69, 9.17) is 0 Å². The van der Waals surface area contributed by atoms with Crippen LogP contribution in [0.1, 0.15) is 128 Å². The van der Waals surface area contributed by atoms with Gasteiger partial charge in [-0.25, -0.2) is 19.2 Å². The maximum absolute atomic E-state index is 15.9. The molecular weight excluding hydrogens is 487 g/mol. The van der Waals surface area contributed by atoms with Gasteiger partial charge in [0.1, 0.15) is 0 Å². The lowest BCUT2D eigenvalue weighted by Gasteiger charge is -2.35. The second-order valence-electron chi connectivity index (χ2n) is 11.9. The summed E-state index contributed by atoms with van der Waals surface area (Å²) in [5, 5.41) is 9.85. The third-order valence-electron chi connectivity index (χ3n) is 8.72. The molecule has 2 atom stereocenters. The normalized spacial score (nSPS) is 16.6. The Morgan fingerprint density at radius 2 is 1.51 bits per heavy atom. The van der Waals surface area contributed by atoms with Crippen LogP contribution in [0.5, 0.6) is 0 Å². The van der Waals surface area contributed by atoms with Gasteiger partial charge in [0.05, 0.1) is 0 Å². The number of aromatic nitrogens is 2. The van der Waals surface area contributed by atoms with Crippen LogP contribution >= 0.6 is 0 Å². The lowest BCUT2D eigenvalue weighted by molar-refractivity contribution is -0.158. The molecule has 1 aromatic heterocycles. The van der Waals surface area contributed by atoms with Crippen molar-refractivity contribution >= 4 is 5.97 Å². The van der Waals surface area contributed by atoms with E-state index in [1.165, 1.54) is 56.1 Å². The van der Waals surface area contributed by atoms with E-state index in [9.17, 15) is 9.90 Å². The smallest absolute Gasteiger partial charge is 0.341 e. The zero-order valence-corrected chi connectivity index (χ0v) is 24.5. The number of benzene rings is 1. The molecule has 1 fully saturated rings. The number of nitrogens with zero attached hydrogens (tertiary/aromatic N) is 2. The summed E-state index contributed by atoms with van der Waals surface area (Å²) in [5.74, 6) is -0.785. The van der Waals surface area contributed by atoms with Crippen LogP contribution in [0, 0.1) is 11.8 Å². The van der Waals surface area contributed by atoms with Gasteiger partial charge in [-0.3, -0.25) is 0 Å². The molecular formula is C34H51FN2O2. The first kappa shape index (κ1) is 31.2. The highest BCUT2D eigenvalue weighted by molar-refractivity contribution is 5.77. The largest absolute Gasteiger partial charge is 0.479 e. The number of alkyl halides is 1. The molecule has 1 saturated carbocycles. The number of rotatable bonds is 18. The maximum atomic E-state index is 15.9. The van der Waals surface area contributed by atoms with Crippen LogP contribution in [0.3, 0.4) is 0 Å². The highest BCUT2D eigenvalue weighted by Gasteiger charge is 2.47. The Morgan fingerprint density at radius 1 is 0.872 bits per heavy atom. The van der Waals surface area contributed by atoms with Crippen molar-refractivity contribution in [1.82, 2.24) is 9.97 Å².